The van der Waals surface area contributed by atoms with E-state index in [1.54, 1.807) is 0 Å². The molecule has 0 bridgehead atoms. The third-order valence-corrected chi connectivity index (χ3v) is 6.19. The predicted octanol–water partition coefficient (Wildman–Crippen LogP) is 4.95. The van der Waals surface area contributed by atoms with Gasteiger partial charge in [0.1, 0.15) is 0 Å². The summed E-state index contributed by atoms with van der Waals surface area (Å²) in [5.74, 6) is 0. The minimum atomic E-state index is 0. The quantitative estimate of drug-likeness (QED) is 0.192. The van der Waals surface area contributed by atoms with Crippen LogP contribution in [0.25, 0.3) is 43.1 Å². The summed E-state index contributed by atoms with van der Waals surface area (Å²) in [6.45, 7) is 4.08. The summed E-state index contributed by atoms with van der Waals surface area (Å²) in [7, 11) is 0. The van der Waals surface area contributed by atoms with Crippen molar-refractivity contribution in [3.63, 3.8) is 0 Å². The van der Waals surface area contributed by atoms with E-state index in [9.17, 15) is 0 Å². The minimum absolute atomic E-state index is 0. The van der Waals surface area contributed by atoms with Gasteiger partial charge in [-0.2, -0.15) is 70.1 Å². The monoisotopic (exact) mass is 766 g/mol. The van der Waals surface area contributed by atoms with Crippen LogP contribution in [0.4, 0.5) is 0 Å². The zero-order valence-electron chi connectivity index (χ0n) is 25.1. The first-order valence-corrected chi connectivity index (χ1v) is 16.9. The van der Waals surface area contributed by atoms with Gasteiger partial charge in [-0.25, -0.2) is 0 Å². The van der Waals surface area contributed by atoms with Crippen LogP contribution in [-0.4, -0.2) is 7.42 Å². The van der Waals surface area contributed by atoms with Crippen LogP contribution < -0.4 is 24.8 Å². The smallest absolute Gasteiger partial charge is 0.0809 e. The summed E-state index contributed by atoms with van der Waals surface area (Å²) in [4.78, 5) is 0. The van der Waals surface area contributed by atoms with Gasteiger partial charge in [-0.3, -0.25) is 0 Å². The maximum atomic E-state index is 2.12. The SMILES string of the molecule is C[CH]=[Zr+2].C[CH]=[Zr+2].[Cl-].[Cl-].c1ccc2[cH-]ccc2c1.c1ccc2[cH-]ccc2c1.c1ccc2[cH-]ccc2c1.c1ccc2[cH-]ccc2c1. The molecule has 0 nitrogen and oxygen atoms in total. The molecule has 0 aliphatic carbocycles. The van der Waals surface area contributed by atoms with Gasteiger partial charge in [-0.15, -0.1) is 119 Å². The fourth-order valence-electron chi connectivity index (χ4n) is 4.28. The van der Waals surface area contributed by atoms with Gasteiger partial charge in [0.15, 0.2) is 0 Å². The Kier molecular flexibility index (Phi) is 21.3. The molecule has 0 radical (unpaired) electrons. The summed E-state index contributed by atoms with van der Waals surface area (Å²) in [6.07, 6.45) is 0. The average Bonchev–Trinajstić information content (AvgIpc) is 3.85. The van der Waals surface area contributed by atoms with Crippen molar-refractivity contribution in [2.75, 3.05) is 0 Å². The maximum absolute atomic E-state index is 2.12. The molecule has 0 fully saturated rings. The van der Waals surface area contributed by atoms with Gasteiger partial charge in [-0.05, 0) is 0 Å². The van der Waals surface area contributed by atoms with Crippen LogP contribution in [-0.2, 0) is 48.5 Å². The summed E-state index contributed by atoms with van der Waals surface area (Å²) < 4.78 is 4.18. The van der Waals surface area contributed by atoms with Gasteiger partial charge in [0.25, 0.3) is 0 Å². The molecule has 0 saturated heterocycles. The molecular weight excluding hydrogens is 734 g/mol. The molecule has 0 atom stereocenters. The molecule has 0 aliphatic heterocycles. The zero-order chi connectivity index (χ0) is 29.8. The Morgan fingerprint density at radius 1 is 0.364 bits per heavy atom. The minimum Gasteiger partial charge on any atom is -1.00 e. The third kappa shape index (κ3) is 13.6. The maximum Gasteiger partial charge on any atom is -0.0809 e. The number of benzene rings is 4. The van der Waals surface area contributed by atoms with E-state index in [2.05, 4.69) is 177 Å². The van der Waals surface area contributed by atoms with Crippen LogP contribution in [0.3, 0.4) is 0 Å². The normalized spacial score (nSPS) is 9.05. The Bertz CT molecular complexity index is 1480. The largest absolute Gasteiger partial charge is 1.00 e. The van der Waals surface area contributed by atoms with Crippen molar-refractivity contribution >= 4 is 50.5 Å². The summed E-state index contributed by atoms with van der Waals surface area (Å²) in [6, 6.07) is 58.7. The summed E-state index contributed by atoms with van der Waals surface area (Å²) >= 11 is 3.02. The molecule has 220 valence electrons. The van der Waals surface area contributed by atoms with Gasteiger partial charge in [0, 0.05) is 0 Å². The second-order valence-electron chi connectivity index (χ2n) is 9.20. The first kappa shape index (κ1) is 39.4. The van der Waals surface area contributed by atoms with Crippen LogP contribution in [0.1, 0.15) is 13.8 Å². The summed E-state index contributed by atoms with van der Waals surface area (Å²) in [5, 5.41) is 10.6. The fraction of sp³-hybridized carbons (Fsp3) is 0.0500. The molecule has 0 aromatic heterocycles. The van der Waals surface area contributed by atoms with E-state index in [0.29, 0.717) is 0 Å². The van der Waals surface area contributed by atoms with Crippen LogP contribution >= 0.6 is 0 Å². The Balaban J connectivity index is 0.000000273. The number of hydrogen-bond donors (Lipinski definition) is 0. The van der Waals surface area contributed by atoms with E-state index in [1.165, 1.54) is 91.6 Å². The van der Waals surface area contributed by atoms with Crippen molar-refractivity contribution in [3.05, 3.63) is 170 Å². The van der Waals surface area contributed by atoms with E-state index in [1.807, 2.05) is 13.8 Å². The molecule has 0 aliphatic rings. The Morgan fingerprint density at radius 2 is 0.545 bits per heavy atom. The van der Waals surface area contributed by atoms with Gasteiger partial charge in [0.05, 0.1) is 0 Å². The molecule has 0 amide bonds. The first-order valence-electron chi connectivity index (χ1n) is 14.0. The van der Waals surface area contributed by atoms with Crippen molar-refractivity contribution in [2.24, 2.45) is 0 Å². The number of rotatable bonds is 0. The van der Waals surface area contributed by atoms with Crippen LogP contribution in [0, 0.1) is 0 Å². The first-order chi connectivity index (χ1) is 20.7. The van der Waals surface area contributed by atoms with Gasteiger partial charge >= 0.3 is 69.7 Å². The molecule has 0 saturated carbocycles. The Hall–Kier alpha value is -2.59. The summed E-state index contributed by atoms with van der Waals surface area (Å²) in [5.41, 5.74) is 0. The molecule has 44 heavy (non-hydrogen) atoms. The number of fused-ring (bicyclic) bond motifs is 4. The molecule has 8 rings (SSSR count). The van der Waals surface area contributed by atoms with Crippen molar-refractivity contribution in [1.29, 1.82) is 0 Å². The molecular formula is C40H36Cl2Zr2-2. The molecule has 0 spiro atoms. The predicted molar refractivity (Wildman–Crippen MR) is 182 cm³/mol. The molecule has 0 heterocycles. The van der Waals surface area contributed by atoms with Gasteiger partial charge < -0.3 is 24.8 Å². The van der Waals surface area contributed by atoms with Crippen molar-refractivity contribution in [2.45, 2.75) is 13.8 Å². The zero-order valence-corrected chi connectivity index (χ0v) is 31.5. The molecule has 0 unspecified atom stereocenters. The Labute approximate surface area is 304 Å². The standard InChI is InChI=1S/4C9H7.2C2H4.2ClH.2Zr/c4*1-2-5-9-7-3-6-8(9)4-1;2*1-2;;;;/h4*1-7H;2*1H,2H3;2*1H;;/q4*-1;;;;;2*+2/p-2. The number of halogens is 2. The van der Waals surface area contributed by atoms with Crippen molar-refractivity contribution in [3.8, 4) is 0 Å². The fourth-order valence-corrected chi connectivity index (χ4v) is 4.28. The molecule has 4 heteroatoms. The third-order valence-electron chi connectivity index (χ3n) is 6.19. The van der Waals surface area contributed by atoms with Crippen LogP contribution in [0.15, 0.2) is 170 Å². The number of hydrogen-bond acceptors (Lipinski definition) is 0. The second-order valence-corrected chi connectivity index (χ2v) is 12.0. The van der Waals surface area contributed by atoms with E-state index in [4.69, 9.17) is 0 Å². The van der Waals surface area contributed by atoms with E-state index in [0.717, 1.165) is 0 Å². The Morgan fingerprint density at radius 3 is 0.727 bits per heavy atom. The van der Waals surface area contributed by atoms with E-state index < -0.39 is 0 Å². The molecule has 8 aromatic rings. The van der Waals surface area contributed by atoms with E-state index in [-0.39, 0.29) is 24.8 Å². The van der Waals surface area contributed by atoms with Crippen molar-refractivity contribution < 1.29 is 73.3 Å². The molecule has 0 N–H and O–H groups in total. The van der Waals surface area contributed by atoms with Gasteiger partial charge in [-0.1, -0.05) is 24.3 Å². The second kappa shape index (κ2) is 23.7. The van der Waals surface area contributed by atoms with Crippen LogP contribution in [0.2, 0.25) is 0 Å². The topological polar surface area (TPSA) is 0 Å². The average molecular weight is 770 g/mol. The van der Waals surface area contributed by atoms with Gasteiger partial charge in [0.2, 0.25) is 0 Å². The van der Waals surface area contributed by atoms with Crippen LogP contribution in [0.5, 0.6) is 0 Å². The van der Waals surface area contributed by atoms with E-state index >= 15 is 0 Å². The molecule has 8 aromatic carbocycles. The van der Waals surface area contributed by atoms with Crippen molar-refractivity contribution in [1.82, 2.24) is 0 Å².